The first kappa shape index (κ1) is 14.4. The first-order valence-corrected chi connectivity index (χ1v) is 6.44. The van der Waals surface area contributed by atoms with Crippen LogP contribution >= 0.6 is 0 Å². The van der Waals surface area contributed by atoms with Crippen molar-refractivity contribution in [2.45, 2.75) is 26.3 Å². The Morgan fingerprint density at radius 2 is 1.50 bits per heavy atom. The van der Waals surface area contributed by atoms with E-state index in [0.29, 0.717) is 12.5 Å². The van der Waals surface area contributed by atoms with E-state index in [0.717, 1.165) is 17.7 Å². The molecule has 0 aliphatic heterocycles. The van der Waals surface area contributed by atoms with E-state index >= 15 is 0 Å². The highest BCUT2D eigenvalue weighted by atomic mass is 19.2. The molecule has 0 saturated carbocycles. The molecular weight excluding hydrogens is 263 g/mol. The van der Waals surface area contributed by atoms with Gasteiger partial charge < -0.3 is 5.32 Å². The Hall–Kier alpha value is -1.97. The summed E-state index contributed by atoms with van der Waals surface area (Å²) in [5, 5.41) is 2.87. The summed E-state index contributed by atoms with van der Waals surface area (Å²) in [4.78, 5) is 0. The molecule has 2 aromatic rings. The Labute approximate surface area is 116 Å². The van der Waals surface area contributed by atoms with Gasteiger partial charge in [-0.1, -0.05) is 38.1 Å². The number of halogens is 3. The number of rotatable bonds is 4. The van der Waals surface area contributed by atoms with E-state index in [9.17, 15) is 13.2 Å². The Morgan fingerprint density at radius 1 is 0.950 bits per heavy atom. The molecule has 2 aromatic carbocycles. The molecule has 0 aliphatic carbocycles. The van der Waals surface area contributed by atoms with Crippen molar-refractivity contribution in [3.05, 3.63) is 65.0 Å². The zero-order chi connectivity index (χ0) is 14.7. The quantitative estimate of drug-likeness (QED) is 0.790. The third kappa shape index (κ3) is 3.32. The largest absolute Gasteiger partial charge is 0.381 e. The lowest BCUT2D eigenvalue weighted by Crippen LogP contribution is -2.02. The van der Waals surface area contributed by atoms with Gasteiger partial charge in [0.25, 0.3) is 0 Å². The van der Waals surface area contributed by atoms with Crippen LogP contribution in [0.2, 0.25) is 0 Å². The molecule has 1 nitrogen and oxygen atoms in total. The van der Waals surface area contributed by atoms with E-state index in [-0.39, 0.29) is 5.69 Å². The molecule has 0 bridgehead atoms. The average molecular weight is 279 g/mol. The van der Waals surface area contributed by atoms with E-state index < -0.39 is 17.5 Å². The summed E-state index contributed by atoms with van der Waals surface area (Å²) in [6.45, 7) is 4.64. The van der Waals surface area contributed by atoms with Crippen LogP contribution in [-0.4, -0.2) is 0 Å². The molecule has 0 saturated heterocycles. The number of hydrogen-bond donors (Lipinski definition) is 1. The van der Waals surface area contributed by atoms with Gasteiger partial charge in [0.05, 0.1) is 0 Å². The van der Waals surface area contributed by atoms with E-state index in [1.165, 1.54) is 5.56 Å². The molecule has 0 unspecified atom stereocenters. The summed E-state index contributed by atoms with van der Waals surface area (Å²) in [6.07, 6.45) is 0. The third-order valence-electron chi connectivity index (χ3n) is 3.13. The molecule has 0 amide bonds. The van der Waals surface area contributed by atoms with Crippen LogP contribution in [0.25, 0.3) is 0 Å². The molecule has 0 heterocycles. The maximum atomic E-state index is 13.1. The highest BCUT2D eigenvalue weighted by molar-refractivity contribution is 5.44. The van der Waals surface area contributed by atoms with Gasteiger partial charge in [-0.05, 0) is 17.0 Å². The van der Waals surface area contributed by atoms with Crippen molar-refractivity contribution in [2.24, 2.45) is 0 Å². The van der Waals surface area contributed by atoms with Crippen LogP contribution in [-0.2, 0) is 6.54 Å². The van der Waals surface area contributed by atoms with Gasteiger partial charge in [0.1, 0.15) is 0 Å². The summed E-state index contributed by atoms with van der Waals surface area (Å²) < 4.78 is 38.9. The van der Waals surface area contributed by atoms with Gasteiger partial charge in [-0.2, -0.15) is 0 Å². The molecule has 20 heavy (non-hydrogen) atoms. The predicted octanol–water partition coefficient (Wildman–Crippen LogP) is 4.84. The van der Waals surface area contributed by atoms with Gasteiger partial charge in [0.2, 0.25) is 0 Å². The topological polar surface area (TPSA) is 12.0 Å². The standard InChI is InChI=1S/C16H16F3N/c1-10(2)12-5-3-11(4-6-12)9-20-13-7-14(17)16(19)15(18)8-13/h3-8,10,20H,9H2,1-2H3. The van der Waals surface area contributed by atoms with Gasteiger partial charge in [-0.15, -0.1) is 0 Å². The Kier molecular flexibility index (Phi) is 4.32. The van der Waals surface area contributed by atoms with Crippen LogP contribution in [0, 0.1) is 17.5 Å². The number of anilines is 1. The first-order chi connectivity index (χ1) is 9.47. The molecule has 2 rings (SSSR count). The lowest BCUT2D eigenvalue weighted by molar-refractivity contribution is 0.447. The van der Waals surface area contributed by atoms with Crippen molar-refractivity contribution in [3.63, 3.8) is 0 Å². The zero-order valence-corrected chi connectivity index (χ0v) is 11.4. The molecule has 1 N–H and O–H groups in total. The summed E-state index contributed by atoms with van der Waals surface area (Å²) in [5.41, 5.74) is 2.43. The molecule has 0 radical (unpaired) electrons. The number of hydrogen-bond acceptors (Lipinski definition) is 1. The SMILES string of the molecule is CC(C)c1ccc(CNc2cc(F)c(F)c(F)c2)cc1. The zero-order valence-electron chi connectivity index (χ0n) is 11.4. The van der Waals surface area contributed by atoms with E-state index in [1.807, 2.05) is 24.3 Å². The smallest absolute Gasteiger partial charge is 0.194 e. The molecule has 0 fully saturated rings. The minimum absolute atomic E-state index is 0.217. The van der Waals surface area contributed by atoms with Gasteiger partial charge in [0, 0.05) is 24.4 Å². The normalized spacial score (nSPS) is 10.9. The fourth-order valence-corrected chi connectivity index (χ4v) is 1.88. The van der Waals surface area contributed by atoms with Crippen molar-refractivity contribution < 1.29 is 13.2 Å². The van der Waals surface area contributed by atoms with Gasteiger partial charge in [-0.3, -0.25) is 0 Å². The van der Waals surface area contributed by atoms with Gasteiger partial charge in [-0.25, -0.2) is 13.2 Å². The number of benzene rings is 2. The van der Waals surface area contributed by atoms with E-state index in [1.54, 1.807) is 0 Å². The van der Waals surface area contributed by atoms with Crippen molar-refractivity contribution >= 4 is 5.69 Å². The second-order valence-corrected chi connectivity index (χ2v) is 5.00. The van der Waals surface area contributed by atoms with Crippen LogP contribution in [0.4, 0.5) is 18.9 Å². The molecule has 4 heteroatoms. The van der Waals surface area contributed by atoms with Gasteiger partial charge >= 0.3 is 0 Å². The summed E-state index contributed by atoms with van der Waals surface area (Å²) in [7, 11) is 0. The van der Waals surface area contributed by atoms with Crippen LogP contribution in [0.1, 0.15) is 30.9 Å². The monoisotopic (exact) mass is 279 g/mol. The first-order valence-electron chi connectivity index (χ1n) is 6.44. The van der Waals surface area contributed by atoms with Crippen molar-refractivity contribution in [2.75, 3.05) is 5.32 Å². The van der Waals surface area contributed by atoms with Crippen molar-refractivity contribution in [3.8, 4) is 0 Å². The maximum Gasteiger partial charge on any atom is 0.194 e. The van der Waals surface area contributed by atoms with E-state index in [4.69, 9.17) is 0 Å². The minimum Gasteiger partial charge on any atom is -0.381 e. The fourth-order valence-electron chi connectivity index (χ4n) is 1.88. The molecule has 106 valence electrons. The summed E-state index contributed by atoms with van der Waals surface area (Å²) >= 11 is 0. The van der Waals surface area contributed by atoms with Crippen LogP contribution < -0.4 is 5.32 Å². The van der Waals surface area contributed by atoms with E-state index in [2.05, 4.69) is 19.2 Å². The van der Waals surface area contributed by atoms with Crippen LogP contribution in [0.15, 0.2) is 36.4 Å². The Balaban J connectivity index is 2.05. The lowest BCUT2D eigenvalue weighted by Gasteiger charge is -2.09. The van der Waals surface area contributed by atoms with Crippen LogP contribution in [0.5, 0.6) is 0 Å². The Bertz CT molecular complexity index is 568. The molecule has 0 aliphatic rings. The highest BCUT2D eigenvalue weighted by Gasteiger charge is 2.10. The minimum atomic E-state index is -1.45. The predicted molar refractivity (Wildman–Crippen MR) is 74.2 cm³/mol. The Morgan fingerprint density at radius 3 is 2.00 bits per heavy atom. The second-order valence-electron chi connectivity index (χ2n) is 5.00. The highest BCUT2D eigenvalue weighted by Crippen LogP contribution is 2.19. The average Bonchev–Trinajstić information content (AvgIpc) is 2.42. The molecule has 0 atom stereocenters. The second kappa shape index (κ2) is 5.99. The number of nitrogens with one attached hydrogen (secondary N) is 1. The molecule has 0 spiro atoms. The van der Waals surface area contributed by atoms with Crippen molar-refractivity contribution in [1.82, 2.24) is 0 Å². The fraction of sp³-hybridized carbons (Fsp3) is 0.250. The summed E-state index contributed by atoms with van der Waals surface area (Å²) in [5.74, 6) is -3.38. The van der Waals surface area contributed by atoms with Crippen molar-refractivity contribution in [1.29, 1.82) is 0 Å². The van der Waals surface area contributed by atoms with Gasteiger partial charge in [0.15, 0.2) is 17.5 Å². The maximum absolute atomic E-state index is 13.1. The third-order valence-corrected chi connectivity index (χ3v) is 3.13. The lowest BCUT2D eigenvalue weighted by atomic mass is 10.0. The molecule has 0 aromatic heterocycles. The molecular formula is C16H16F3N. The van der Waals surface area contributed by atoms with Crippen LogP contribution in [0.3, 0.4) is 0 Å². The summed E-state index contributed by atoms with van der Waals surface area (Å²) in [6, 6.07) is 9.85.